The molecule has 2 aliphatic heterocycles. The first-order valence-corrected chi connectivity index (χ1v) is 11.1. The lowest BCUT2D eigenvalue weighted by Gasteiger charge is -2.37. The van der Waals surface area contributed by atoms with Gasteiger partial charge in [0.15, 0.2) is 0 Å². The minimum atomic E-state index is -0.174. The smallest absolute Gasteiger partial charge is 0.269 e. The van der Waals surface area contributed by atoms with Gasteiger partial charge in [0.05, 0.1) is 17.6 Å². The second kappa shape index (κ2) is 8.34. The molecule has 0 radical (unpaired) electrons. The van der Waals surface area contributed by atoms with Crippen molar-refractivity contribution in [3.05, 3.63) is 45.9 Å². The number of H-pyrrole nitrogens is 1. The van der Waals surface area contributed by atoms with E-state index in [0.29, 0.717) is 34.4 Å². The lowest BCUT2D eigenvalue weighted by molar-refractivity contribution is 0.0958. The van der Waals surface area contributed by atoms with Crippen LogP contribution < -0.4 is 15.8 Å². The molecule has 3 aromatic heterocycles. The van der Waals surface area contributed by atoms with Crippen molar-refractivity contribution in [2.45, 2.75) is 38.1 Å². The van der Waals surface area contributed by atoms with Crippen LogP contribution in [0.4, 0.5) is 5.69 Å². The highest BCUT2D eigenvalue weighted by atomic mass is 16.5. The molecule has 1 atom stereocenters. The topological polar surface area (TPSA) is 120 Å². The maximum Gasteiger partial charge on any atom is 0.269 e. The van der Waals surface area contributed by atoms with E-state index in [0.717, 1.165) is 51.1 Å². The first-order chi connectivity index (χ1) is 15.5. The van der Waals surface area contributed by atoms with Crippen molar-refractivity contribution in [3.63, 3.8) is 0 Å². The molecule has 3 aromatic rings. The fourth-order valence-electron chi connectivity index (χ4n) is 4.87. The molecule has 1 unspecified atom stereocenters. The zero-order chi connectivity index (χ0) is 22.2. The van der Waals surface area contributed by atoms with Crippen LogP contribution in [0.2, 0.25) is 0 Å². The third-order valence-corrected chi connectivity index (χ3v) is 6.70. The predicted octanol–water partition coefficient (Wildman–Crippen LogP) is 1.43. The van der Waals surface area contributed by atoms with Crippen LogP contribution in [0, 0.1) is 6.92 Å². The normalized spacial score (nSPS) is 20.2. The molecule has 10 nitrogen and oxygen atoms in total. The fraction of sp³-hybridized carbons (Fsp3) is 0.500. The lowest BCUT2D eigenvalue weighted by atomic mass is 10.0. The summed E-state index contributed by atoms with van der Waals surface area (Å²) < 4.78 is 5.23. The molecule has 0 spiro atoms. The van der Waals surface area contributed by atoms with Gasteiger partial charge in [-0.25, -0.2) is 4.98 Å². The molecule has 2 fully saturated rings. The van der Waals surface area contributed by atoms with E-state index in [2.05, 4.69) is 35.2 Å². The van der Waals surface area contributed by atoms with Crippen molar-refractivity contribution in [1.29, 1.82) is 0 Å². The van der Waals surface area contributed by atoms with Crippen LogP contribution in [0.15, 0.2) is 27.6 Å². The maximum atomic E-state index is 12.4. The van der Waals surface area contributed by atoms with E-state index in [1.807, 2.05) is 6.07 Å². The van der Waals surface area contributed by atoms with Crippen molar-refractivity contribution in [2.75, 3.05) is 38.1 Å². The van der Waals surface area contributed by atoms with Gasteiger partial charge in [-0.15, -0.1) is 0 Å². The second-order valence-corrected chi connectivity index (χ2v) is 8.58. The Labute approximate surface area is 185 Å². The number of nitrogens with one attached hydrogen (secondary N) is 2. The molecule has 32 heavy (non-hydrogen) atoms. The second-order valence-electron chi connectivity index (χ2n) is 8.58. The first-order valence-electron chi connectivity index (χ1n) is 11.1. The summed E-state index contributed by atoms with van der Waals surface area (Å²) in [5, 5.41) is 6.90. The monoisotopic (exact) mass is 437 g/mol. The zero-order valence-electron chi connectivity index (χ0n) is 18.3. The van der Waals surface area contributed by atoms with Crippen molar-refractivity contribution in [2.24, 2.45) is 0 Å². The van der Waals surface area contributed by atoms with Crippen molar-refractivity contribution in [1.82, 2.24) is 30.3 Å². The molecule has 5 rings (SSSR count). The molecule has 2 saturated heterocycles. The van der Waals surface area contributed by atoms with Crippen LogP contribution in [0.3, 0.4) is 0 Å². The van der Waals surface area contributed by atoms with E-state index in [9.17, 15) is 9.59 Å². The van der Waals surface area contributed by atoms with Gasteiger partial charge in [-0.3, -0.25) is 14.5 Å². The van der Waals surface area contributed by atoms with Crippen molar-refractivity contribution in [3.8, 4) is 0 Å². The van der Waals surface area contributed by atoms with Gasteiger partial charge < -0.3 is 19.7 Å². The average molecular weight is 438 g/mol. The van der Waals surface area contributed by atoms with Crippen molar-refractivity contribution < 1.29 is 9.32 Å². The summed E-state index contributed by atoms with van der Waals surface area (Å²) in [6.07, 6.45) is 4.87. The Morgan fingerprint density at radius 2 is 2.03 bits per heavy atom. The third kappa shape index (κ3) is 3.75. The summed E-state index contributed by atoms with van der Waals surface area (Å²) in [4.78, 5) is 40.7. The van der Waals surface area contributed by atoms with Crippen LogP contribution in [0.25, 0.3) is 11.1 Å². The Morgan fingerprint density at radius 3 is 2.75 bits per heavy atom. The number of hydrogen-bond donors (Lipinski definition) is 2. The first kappa shape index (κ1) is 20.6. The van der Waals surface area contributed by atoms with Gasteiger partial charge in [0.2, 0.25) is 0 Å². The molecule has 10 heteroatoms. The lowest BCUT2D eigenvalue weighted by Crippen LogP contribution is -2.44. The van der Waals surface area contributed by atoms with Crippen molar-refractivity contribution >= 4 is 22.7 Å². The Bertz CT molecular complexity index is 1180. The van der Waals surface area contributed by atoms with Gasteiger partial charge in [-0.1, -0.05) is 5.16 Å². The maximum absolute atomic E-state index is 12.4. The molecule has 0 aliphatic carbocycles. The summed E-state index contributed by atoms with van der Waals surface area (Å²) in [7, 11) is 1.60. The molecular formula is C22H27N7O3. The molecule has 168 valence electrons. The number of likely N-dealkylation sites (tertiary alicyclic amines) is 1. The summed E-state index contributed by atoms with van der Waals surface area (Å²) in [6, 6.07) is 4.25. The molecule has 2 aliphatic rings. The predicted molar refractivity (Wildman–Crippen MR) is 119 cm³/mol. The number of pyridine rings is 1. The number of aromatic nitrogens is 4. The average Bonchev–Trinajstić information content (AvgIpc) is 3.46. The highest BCUT2D eigenvalue weighted by Gasteiger charge is 2.33. The van der Waals surface area contributed by atoms with E-state index in [1.165, 1.54) is 0 Å². The number of aromatic amines is 1. The molecule has 0 saturated carbocycles. The van der Waals surface area contributed by atoms with Gasteiger partial charge in [0.25, 0.3) is 17.2 Å². The van der Waals surface area contributed by atoms with Crippen LogP contribution in [0.5, 0.6) is 0 Å². The molecular weight excluding hydrogens is 410 g/mol. The SMILES string of the molecule is CNC(=O)c1ccc(N2CCC(N3CCC(c4nc5onc(C)c5c(=O)[nH]4)C3)CC2)cn1. The van der Waals surface area contributed by atoms with Crippen LogP contribution in [-0.2, 0) is 0 Å². The van der Waals surface area contributed by atoms with Gasteiger partial charge in [-0.2, -0.15) is 4.98 Å². The molecule has 0 aromatic carbocycles. The number of piperidine rings is 1. The van der Waals surface area contributed by atoms with Crippen LogP contribution in [0.1, 0.15) is 47.2 Å². The summed E-state index contributed by atoms with van der Waals surface area (Å²) in [5.41, 5.74) is 2.20. The minimum Gasteiger partial charge on any atom is -0.370 e. The highest BCUT2D eigenvalue weighted by Crippen LogP contribution is 2.30. The van der Waals surface area contributed by atoms with Crippen LogP contribution >= 0.6 is 0 Å². The van der Waals surface area contributed by atoms with E-state index < -0.39 is 0 Å². The number of anilines is 1. The van der Waals surface area contributed by atoms with E-state index in [4.69, 9.17) is 4.52 Å². The third-order valence-electron chi connectivity index (χ3n) is 6.70. The van der Waals surface area contributed by atoms with E-state index in [-0.39, 0.29) is 17.4 Å². The van der Waals surface area contributed by atoms with E-state index in [1.54, 1.807) is 26.2 Å². The number of nitrogens with zero attached hydrogens (tertiary/aromatic N) is 5. The molecule has 1 amide bonds. The summed E-state index contributed by atoms with van der Waals surface area (Å²) in [6.45, 7) is 5.53. The summed E-state index contributed by atoms with van der Waals surface area (Å²) in [5.74, 6) is 0.713. The Balaban J connectivity index is 1.20. The van der Waals surface area contributed by atoms with Gasteiger partial charge >= 0.3 is 0 Å². The quantitative estimate of drug-likeness (QED) is 0.629. The number of hydrogen-bond acceptors (Lipinski definition) is 8. The number of aryl methyl sites for hydroxylation is 1. The molecule has 0 bridgehead atoms. The minimum absolute atomic E-state index is 0.174. The highest BCUT2D eigenvalue weighted by molar-refractivity contribution is 5.92. The van der Waals surface area contributed by atoms with Gasteiger partial charge in [0.1, 0.15) is 16.9 Å². The molecule has 2 N–H and O–H groups in total. The Morgan fingerprint density at radius 1 is 1.22 bits per heavy atom. The van der Waals surface area contributed by atoms with Gasteiger partial charge in [-0.05, 0) is 44.9 Å². The number of carbonyl (C=O) groups is 1. The van der Waals surface area contributed by atoms with E-state index >= 15 is 0 Å². The number of carbonyl (C=O) groups excluding carboxylic acids is 1. The fourth-order valence-corrected chi connectivity index (χ4v) is 4.87. The number of amides is 1. The number of fused-ring (bicyclic) bond motifs is 1. The number of rotatable bonds is 4. The largest absolute Gasteiger partial charge is 0.370 e. The zero-order valence-corrected chi connectivity index (χ0v) is 18.3. The summed E-state index contributed by atoms with van der Waals surface area (Å²) >= 11 is 0. The Hall–Kier alpha value is -3.27. The standard InChI is InChI=1S/C22H27N7O3/c1-13-18-21(31)25-19(26-22(18)32-27-13)14-5-8-29(12-14)15-6-9-28(10-7-15)16-3-4-17(24-11-16)20(30)23-2/h3-4,11,14-15H,5-10,12H2,1-2H3,(H,23,30)(H,25,26,31). The Kier molecular flexibility index (Phi) is 5.38. The molecule has 5 heterocycles. The van der Waals surface area contributed by atoms with Crippen LogP contribution in [-0.4, -0.2) is 70.2 Å². The van der Waals surface area contributed by atoms with Gasteiger partial charge in [0, 0.05) is 38.6 Å².